The van der Waals surface area contributed by atoms with Crippen LogP contribution in [0.25, 0.3) is 0 Å². The normalized spacial score (nSPS) is 14.0. The Bertz CT molecular complexity index is 580. The lowest BCUT2D eigenvalue weighted by atomic mass is 10.0. The summed E-state index contributed by atoms with van der Waals surface area (Å²) in [7, 11) is 0. The highest BCUT2D eigenvalue weighted by atomic mass is 19.1. The molecule has 0 aliphatic heterocycles. The molecule has 0 radical (unpaired) electrons. The maximum Gasteiger partial charge on any atom is 0.126 e. The molecule has 0 aliphatic rings. The van der Waals surface area contributed by atoms with Crippen LogP contribution in [0.2, 0.25) is 0 Å². The average Bonchev–Trinajstić information content (AvgIpc) is 2.39. The lowest BCUT2D eigenvalue weighted by Gasteiger charge is -2.21. The number of nitrogens with one attached hydrogen (secondary N) is 1. The van der Waals surface area contributed by atoms with E-state index in [9.17, 15) is 9.50 Å². The van der Waals surface area contributed by atoms with Gasteiger partial charge in [-0.3, -0.25) is 0 Å². The standard InChI is InChI=1S/C17H20FNO/c1-11-4-6-14(7-5-11)12(2)19-13(3)16-9-8-15(18)10-17(16)20/h4-10,12-13,19-20H,1-3H3/t12-,13?/m0/s1. The minimum absolute atomic E-state index is 0.0129. The number of halogens is 1. The zero-order valence-electron chi connectivity index (χ0n) is 12.0. The summed E-state index contributed by atoms with van der Waals surface area (Å²) in [5.41, 5.74) is 3.11. The average molecular weight is 273 g/mol. The molecule has 0 aromatic heterocycles. The Morgan fingerprint density at radius 1 is 1.00 bits per heavy atom. The number of benzene rings is 2. The van der Waals surface area contributed by atoms with E-state index in [-0.39, 0.29) is 17.8 Å². The van der Waals surface area contributed by atoms with Crippen LogP contribution in [0, 0.1) is 12.7 Å². The van der Waals surface area contributed by atoms with E-state index in [4.69, 9.17) is 0 Å². The number of aromatic hydroxyl groups is 1. The van der Waals surface area contributed by atoms with Crippen LogP contribution in [0.1, 0.15) is 42.6 Å². The zero-order chi connectivity index (χ0) is 14.7. The molecule has 0 bridgehead atoms. The summed E-state index contributed by atoms with van der Waals surface area (Å²) >= 11 is 0. The third-order valence-electron chi connectivity index (χ3n) is 3.54. The summed E-state index contributed by atoms with van der Waals surface area (Å²) in [4.78, 5) is 0. The van der Waals surface area contributed by atoms with Crippen LogP contribution in [0.4, 0.5) is 4.39 Å². The van der Waals surface area contributed by atoms with Crippen LogP contribution < -0.4 is 5.32 Å². The lowest BCUT2D eigenvalue weighted by Crippen LogP contribution is -2.22. The fraction of sp³-hybridized carbons (Fsp3) is 0.294. The summed E-state index contributed by atoms with van der Waals surface area (Å²) in [6.45, 7) is 6.08. The van der Waals surface area contributed by atoms with Crippen molar-refractivity contribution in [3.63, 3.8) is 0 Å². The molecule has 0 saturated heterocycles. The van der Waals surface area contributed by atoms with Crippen molar-refractivity contribution >= 4 is 0 Å². The van der Waals surface area contributed by atoms with Gasteiger partial charge in [0.05, 0.1) is 0 Å². The molecule has 2 atom stereocenters. The van der Waals surface area contributed by atoms with Crippen LogP contribution in [0.5, 0.6) is 5.75 Å². The van der Waals surface area contributed by atoms with Gasteiger partial charge >= 0.3 is 0 Å². The molecule has 106 valence electrons. The number of rotatable bonds is 4. The van der Waals surface area contributed by atoms with Gasteiger partial charge in [0, 0.05) is 23.7 Å². The van der Waals surface area contributed by atoms with E-state index >= 15 is 0 Å². The first-order valence-corrected chi connectivity index (χ1v) is 6.78. The molecule has 0 fully saturated rings. The molecule has 0 heterocycles. The maximum atomic E-state index is 13.0. The molecule has 2 aromatic rings. The molecule has 0 saturated carbocycles. The largest absolute Gasteiger partial charge is 0.508 e. The molecule has 20 heavy (non-hydrogen) atoms. The lowest BCUT2D eigenvalue weighted by molar-refractivity contribution is 0.434. The Balaban J connectivity index is 2.10. The van der Waals surface area contributed by atoms with Crippen LogP contribution in [0.15, 0.2) is 42.5 Å². The van der Waals surface area contributed by atoms with Crippen molar-refractivity contribution in [3.8, 4) is 5.75 Å². The predicted molar refractivity (Wildman–Crippen MR) is 79.2 cm³/mol. The quantitative estimate of drug-likeness (QED) is 0.872. The van der Waals surface area contributed by atoms with Gasteiger partial charge in [-0.1, -0.05) is 35.9 Å². The van der Waals surface area contributed by atoms with E-state index in [1.54, 1.807) is 6.07 Å². The smallest absolute Gasteiger partial charge is 0.126 e. The monoisotopic (exact) mass is 273 g/mol. The number of hydrogen-bond donors (Lipinski definition) is 2. The Kier molecular flexibility index (Phi) is 4.40. The van der Waals surface area contributed by atoms with Crippen LogP contribution in [0.3, 0.4) is 0 Å². The molecule has 3 heteroatoms. The summed E-state index contributed by atoms with van der Waals surface area (Å²) in [5.74, 6) is -0.439. The molecule has 2 N–H and O–H groups in total. The van der Waals surface area contributed by atoms with Crippen LogP contribution >= 0.6 is 0 Å². The Morgan fingerprint density at radius 3 is 2.25 bits per heavy atom. The highest BCUT2D eigenvalue weighted by Gasteiger charge is 2.14. The molecule has 2 nitrogen and oxygen atoms in total. The molecule has 2 aromatic carbocycles. The molecule has 0 spiro atoms. The van der Waals surface area contributed by atoms with Gasteiger partial charge in [0.15, 0.2) is 0 Å². The van der Waals surface area contributed by atoms with Gasteiger partial charge in [-0.25, -0.2) is 4.39 Å². The van der Waals surface area contributed by atoms with E-state index in [1.807, 2.05) is 6.92 Å². The number of hydrogen-bond acceptors (Lipinski definition) is 2. The van der Waals surface area contributed by atoms with Gasteiger partial charge in [-0.05, 0) is 32.4 Å². The van der Waals surface area contributed by atoms with E-state index in [2.05, 4.69) is 43.4 Å². The van der Waals surface area contributed by atoms with Gasteiger partial charge in [0.1, 0.15) is 11.6 Å². The van der Waals surface area contributed by atoms with E-state index in [1.165, 1.54) is 17.2 Å². The van der Waals surface area contributed by atoms with Crippen molar-refractivity contribution in [3.05, 3.63) is 65.0 Å². The number of phenolic OH excluding ortho intramolecular Hbond substituents is 1. The molecule has 0 aliphatic carbocycles. The van der Waals surface area contributed by atoms with Crippen molar-refractivity contribution in [2.45, 2.75) is 32.9 Å². The first-order valence-electron chi connectivity index (χ1n) is 6.78. The predicted octanol–water partition coefficient (Wildman–Crippen LogP) is 4.25. The summed E-state index contributed by atoms with van der Waals surface area (Å²) in [6.07, 6.45) is 0. The van der Waals surface area contributed by atoms with Gasteiger partial charge in [0.2, 0.25) is 0 Å². The highest BCUT2D eigenvalue weighted by molar-refractivity contribution is 5.35. The number of phenols is 1. The summed E-state index contributed by atoms with van der Waals surface area (Å²) < 4.78 is 13.0. The van der Waals surface area contributed by atoms with E-state index in [0.717, 1.165) is 6.07 Å². The fourth-order valence-electron chi connectivity index (χ4n) is 2.30. The Hall–Kier alpha value is -1.87. The second-order valence-corrected chi connectivity index (χ2v) is 5.22. The van der Waals surface area contributed by atoms with E-state index < -0.39 is 5.82 Å². The highest BCUT2D eigenvalue weighted by Crippen LogP contribution is 2.27. The SMILES string of the molecule is Cc1ccc([C@H](C)NC(C)c2ccc(F)cc2O)cc1. The Labute approximate surface area is 119 Å². The van der Waals surface area contributed by atoms with Gasteiger partial charge in [-0.2, -0.15) is 0 Å². The second-order valence-electron chi connectivity index (χ2n) is 5.22. The Morgan fingerprint density at radius 2 is 1.65 bits per heavy atom. The van der Waals surface area contributed by atoms with Gasteiger partial charge in [-0.15, -0.1) is 0 Å². The molecular formula is C17H20FNO. The van der Waals surface area contributed by atoms with Gasteiger partial charge in [0.25, 0.3) is 0 Å². The van der Waals surface area contributed by atoms with Crippen LogP contribution in [-0.2, 0) is 0 Å². The van der Waals surface area contributed by atoms with Gasteiger partial charge < -0.3 is 10.4 Å². The first-order chi connectivity index (χ1) is 9.47. The van der Waals surface area contributed by atoms with Crippen molar-refractivity contribution in [2.75, 3.05) is 0 Å². The minimum Gasteiger partial charge on any atom is -0.508 e. The van der Waals surface area contributed by atoms with Crippen molar-refractivity contribution < 1.29 is 9.50 Å². The van der Waals surface area contributed by atoms with Crippen molar-refractivity contribution in [2.24, 2.45) is 0 Å². The third kappa shape index (κ3) is 3.36. The molecule has 1 unspecified atom stereocenters. The third-order valence-corrected chi connectivity index (χ3v) is 3.54. The van der Waals surface area contributed by atoms with Crippen LogP contribution in [-0.4, -0.2) is 5.11 Å². The first kappa shape index (κ1) is 14.5. The maximum absolute atomic E-state index is 13.0. The van der Waals surface area contributed by atoms with Crippen molar-refractivity contribution in [1.29, 1.82) is 0 Å². The zero-order valence-corrected chi connectivity index (χ0v) is 12.0. The fourth-order valence-corrected chi connectivity index (χ4v) is 2.30. The molecular weight excluding hydrogens is 253 g/mol. The summed E-state index contributed by atoms with van der Waals surface area (Å²) in [5, 5.41) is 13.2. The minimum atomic E-state index is -0.426. The molecule has 0 amide bonds. The van der Waals surface area contributed by atoms with Crippen molar-refractivity contribution in [1.82, 2.24) is 5.32 Å². The second kappa shape index (κ2) is 6.06. The topological polar surface area (TPSA) is 32.3 Å². The summed E-state index contributed by atoms with van der Waals surface area (Å²) in [6, 6.07) is 12.5. The number of aryl methyl sites for hydroxylation is 1. The molecule has 2 rings (SSSR count). The van der Waals surface area contributed by atoms with E-state index in [0.29, 0.717) is 5.56 Å².